The average Bonchev–Trinajstić information content (AvgIpc) is 2.88. The van der Waals surface area contributed by atoms with Crippen LogP contribution in [0.25, 0.3) is 16.7 Å². The van der Waals surface area contributed by atoms with Crippen LogP contribution in [0.15, 0.2) is 78.4 Å². The number of allylic oxidation sites excluding steroid dienone is 4. The predicted molar refractivity (Wildman–Crippen MR) is 132 cm³/mol. The highest BCUT2D eigenvalue weighted by molar-refractivity contribution is 5.78. The van der Waals surface area contributed by atoms with Gasteiger partial charge in [0.25, 0.3) is 0 Å². The molecular weight excluding hydrogens is 452 g/mol. The van der Waals surface area contributed by atoms with Crippen LogP contribution in [0.4, 0.5) is 17.6 Å². The van der Waals surface area contributed by atoms with Crippen LogP contribution in [0.3, 0.4) is 0 Å². The van der Waals surface area contributed by atoms with Crippen LogP contribution < -0.4 is 4.74 Å². The molecule has 0 radical (unpaired) electrons. The molecule has 0 aromatic heterocycles. The summed E-state index contributed by atoms with van der Waals surface area (Å²) in [6, 6.07) is 17.1. The summed E-state index contributed by atoms with van der Waals surface area (Å²) >= 11 is 0. The lowest BCUT2D eigenvalue weighted by molar-refractivity contribution is 0.285. The van der Waals surface area contributed by atoms with Crippen molar-refractivity contribution in [2.24, 2.45) is 5.92 Å². The van der Waals surface area contributed by atoms with E-state index >= 15 is 0 Å². The smallest absolute Gasteiger partial charge is 0.201 e. The minimum atomic E-state index is -1.04. The number of ether oxygens (including phenoxy) is 1. The van der Waals surface area contributed by atoms with Crippen LogP contribution in [-0.4, -0.2) is 0 Å². The summed E-state index contributed by atoms with van der Waals surface area (Å²) in [6.07, 6.45) is 4.67. The fourth-order valence-electron chi connectivity index (χ4n) is 4.30. The first kappa shape index (κ1) is 24.8. The third kappa shape index (κ3) is 5.34. The number of halogens is 4. The minimum absolute atomic E-state index is 0.00530. The molecule has 1 unspecified atom stereocenters. The molecule has 0 fully saturated rings. The normalized spacial score (nSPS) is 15.8. The zero-order chi connectivity index (χ0) is 24.9. The van der Waals surface area contributed by atoms with Crippen molar-refractivity contribution in [2.75, 3.05) is 0 Å². The van der Waals surface area contributed by atoms with Gasteiger partial charge >= 0.3 is 0 Å². The molecule has 1 nitrogen and oxygen atoms in total. The molecule has 5 heteroatoms. The third-order valence-corrected chi connectivity index (χ3v) is 6.41. The molecule has 4 rings (SSSR count). The van der Waals surface area contributed by atoms with Gasteiger partial charge in [0.05, 0.1) is 0 Å². The van der Waals surface area contributed by atoms with Crippen molar-refractivity contribution in [3.05, 3.63) is 107 Å². The Labute approximate surface area is 203 Å². The Morgan fingerprint density at radius 3 is 2.09 bits per heavy atom. The second kappa shape index (κ2) is 10.9. The summed E-state index contributed by atoms with van der Waals surface area (Å²) in [4.78, 5) is 0. The molecule has 0 bridgehead atoms. The first-order valence-corrected chi connectivity index (χ1v) is 12.0. The van der Waals surface area contributed by atoms with Crippen molar-refractivity contribution < 1.29 is 22.3 Å². The van der Waals surface area contributed by atoms with Crippen LogP contribution in [0.5, 0.6) is 5.75 Å². The van der Waals surface area contributed by atoms with Gasteiger partial charge in [-0.25, -0.2) is 13.2 Å². The van der Waals surface area contributed by atoms with Gasteiger partial charge < -0.3 is 4.74 Å². The average molecular weight is 481 g/mol. The maximum Gasteiger partial charge on any atom is 0.201 e. The van der Waals surface area contributed by atoms with E-state index in [9.17, 15) is 17.6 Å². The van der Waals surface area contributed by atoms with Crippen molar-refractivity contribution in [2.45, 2.75) is 46.1 Å². The van der Waals surface area contributed by atoms with Gasteiger partial charge in [-0.05, 0) is 53.6 Å². The second-order valence-corrected chi connectivity index (χ2v) is 8.79. The van der Waals surface area contributed by atoms with E-state index < -0.39 is 29.2 Å². The van der Waals surface area contributed by atoms with Crippen molar-refractivity contribution in [1.82, 2.24) is 0 Å². The van der Waals surface area contributed by atoms with Crippen molar-refractivity contribution in [1.29, 1.82) is 0 Å². The van der Waals surface area contributed by atoms with Gasteiger partial charge in [-0.15, -0.1) is 0 Å². The van der Waals surface area contributed by atoms with E-state index in [-0.39, 0.29) is 23.5 Å². The second-order valence-electron chi connectivity index (χ2n) is 8.79. The molecule has 1 aliphatic carbocycles. The molecule has 182 valence electrons. The Kier molecular flexibility index (Phi) is 7.74. The van der Waals surface area contributed by atoms with Crippen LogP contribution >= 0.6 is 0 Å². The molecule has 0 amide bonds. The number of hydrogen-bond donors (Lipinski definition) is 0. The first-order chi connectivity index (χ1) is 16.9. The lowest BCUT2D eigenvalue weighted by Crippen LogP contribution is -2.06. The van der Waals surface area contributed by atoms with Gasteiger partial charge in [0.1, 0.15) is 12.4 Å². The molecule has 0 N–H and O–H groups in total. The largest absolute Gasteiger partial charge is 0.486 e. The fourth-order valence-corrected chi connectivity index (χ4v) is 4.30. The molecule has 0 aliphatic heterocycles. The number of hydrogen-bond acceptors (Lipinski definition) is 1. The maximum atomic E-state index is 14.8. The molecule has 1 atom stereocenters. The standard InChI is InChI=1S/C30H28F4O/c1-3-5-19-6-10-22(11-7-19)25-16-17-26(30(34)29(25)33)35-18-20-8-12-23(13-9-20)24-15-14-21(4-2)27(31)28(24)32/h6-13,15-17,21H,3-5,14,18H2,1-2H3. The monoisotopic (exact) mass is 480 g/mol. The van der Waals surface area contributed by atoms with Gasteiger partial charge in [-0.1, -0.05) is 74.9 Å². The van der Waals surface area contributed by atoms with Crippen LogP contribution in [-0.2, 0) is 13.0 Å². The van der Waals surface area contributed by atoms with E-state index in [1.54, 1.807) is 42.5 Å². The van der Waals surface area contributed by atoms with Gasteiger partial charge in [0.15, 0.2) is 17.4 Å². The summed E-state index contributed by atoms with van der Waals surface area (Å²) < 4.78 is 63.7. The maximum absolute atomic E-state index is 14.8. The number of rotatable bonds is 8. The van der Waals surface area contributed by atoms with E-state index in [4.69, 9.17) is 4.74 Å². The summed E-state index contributed by atoms with van der Waals surface area (Å²) in [7, 11) is 0. The molecule has 0 saturated heterocycles. The molecule has 3 aromatic carbocycles. The topological polar surface area (TPSA) is 9.23 Å². The molecule has 0 saturated carbocycles. The van der Waals surface area contributed by atoms with Crippen LogP contribution in [0, 0.1) is 17.6 Å². The van der Waals surface area contributed by atoms with Crippen LogP contribution in [0.1, 0.15) is 49.8 Å². The van der Waals surface area contributed by atoms with Gasteiger partial charge in [0, 0.05) is 17.1 Å². The van der Waals surface area contributed by atoms with Gasteiger partial charge in [-0.2, -0.15) is 4.39 Å². The Balaban J connectivity index is 1.44. The van der Waals surface area contributed by atoms with Gasteiger partial charge in [0.2, 0.25) is 5.82 Å². The highest BCUT2D eigenvalue weighted by Gasteiger charge is 2.25. The fraction of sp³-hybridized carbons (Fsp3) is 0.267. The van der Waals surface area contributed by atoms with Crippen molar-refractivity contribution in [3.8, 4) is 16.9 Å². The Bertz CT molecular complexity index is 1240. The molecule has 0 heterocycles. The molecule has 35 heavy (non-hydrogen) atoms. The van der Waals surface area contributed by atoms with E-state index in [0.29, 0.717) is 29.5 Å². The highest BCUT2D eigenvalue weighted by atomic mass is 19.2. The number of benzene rings is 3. The van der Waals surface area contributed by atoms with Crippen LogP contribution in [0.2, 0.25) is 0 Å². The van der Waals surface area contributed by atoms with Gasteiger partial charge in [-0.3, -0.25) is 0 Å². The van der Waals surface area contributed by atoms with E-state index in [1.165, 1.54) is 12.1 Å². The van der Waals surface area contributed by atoms with Crippen molar-refractivity contribution >= 4 is 5.57 Å². The predicted octanol–water partition coefficient (Wildman–Crippen LogP) is 9.13. The zero-order valence-corrected chi connectivity index (χ0v) is 19.9. The summed E-state index contributed by atoms with van der Waals surface area (Å²) in [5.41, 5.74) is 3.42. The Morgan fingerprint density at radius 2 is 1.43 bits per heavy atom. The summed E-state index contributed by atoms with van der Waals surface area (Å²) in [6.45, 7) is 3.92. The molecule has 0 spiro atoms. The van der Waals surface area contributed by atoms with E-state index in [1.807, 2.05) is 19.1 Å². The third-order valence-electron chi connectivity index (χ3n) is 6.41. The Morgan fingerprint density at radius 1 is 0.771 bits per heavy atom. The molecule has 1 aliphatic rings. The molecule has 3 aromatic rings. The molecular formula is C30H28F4O. The number of aryl methyl sites for hydroxylation is 1. The SMILES string of the molecule is CCCc1ccc(-c2ccc(OCc3ccc(C4=CCC(CC)C(F)=C4F)cc3)c(F)c2F)cc1. The Hall–Kier alpha value is -3.34. The summed E-state index contributed by atoms with van der Waals surface area (Å²) in [5.74, 6) is -4.11. The van der Waals surface area contributed by atoms with E-state index in [0.717, 1.165) is 18.4 Å². The quantitative estimate of drug-likeness (QED) is 0.292. The zero-order valence-electron chi connectivity index (χ0n) is 19.9. The lowest BCUT2D eigenvalue weighted by atomic mass is 9.89. The summed E-state index contributed by atoms with van der Waals surface area (Å²) in [5, 5.41) is 0. The highest BCUT2D eigenvalue weighted by Crippen LogP contribution is 2.38. The van der Waals surface area contributed by atoms with Crippen molar-refractivity contribution in [3.63, 3.8) is 0 Å². The first-order valence-electron chi connectivity index (χ1n) is 12.0. The van der Waals surface area contributed by atoms with E-state index in [2.05, 4.69) is 6.92 Å². The lowest BCUT2D eigenvalue weighted by Gasteiger charge is -2.19. The minimum Gasteiger partial charge on any atom is -0.486 e.